The van der Waals surface area contributed by atoms with Crippen LogP contribution in [0.15, 0.2) is 0 Å². The molecule has 0 aromatic carbocycles. The molecule has 19 heavy (non-hydrogen) atoms. The summed E-state index contributed by atoms with van der Waals surface area (Å²) in [5.74, 6) is 5.87. The fourth-order valence-corrected chi connectivity index (χ4v) is 5.64. The lowest BCUT2D eigenvalue weighted by Gasteiger charge is -2.58. The highest BCUT2D eigenvalue weighted by atomic mass is 15.2. The zero-order chi connectivity index (χ0) is 13.2. The SMILES string of the molecule is Cc1nc(C(C)(N)C2C3CC4CC(C3)CC2C4)n[nH]1. The number of aryl methyl sites for hydroxylation is 1. The Bertz CT molecular complexity index is 462. The lowest BCUT2D eigenvalue weighted by Crippen LogP contribution is -2.56. The smallest absolute Gasteiger partial charge is 0.170 e. The fourth-order valence-electron chi connectivity index (χ4n) is 5.64. The molecule has 3 N–H and O–H groups in total. The van der Waals surface area contributed by atoms with Crippen molar-refractivity contribution in [2.75, 3.05) is 0 Å². The molecular formula is C15H24N4. The van der Waals surface area contributed by atoms with Crippen molar-refractivity contribution in [3.8, 4) is 0 Å². The number of nitrogens with zero attached hydrogens (tertiary/aromatic N) is 2. The molecule has 0 spiro atoms. The second-order valence-corrected chi connectivity index (χ2v) is 7.48. The van der Waals surface area contributed by atoms with Gasteiger partial charge in [0.25, 0.3) is 0 Å². The van der Waals surface area contributed by atoms with Crippen molar-refractivity contribution in [1.82, 2.24) is 15.2 Å². The van der Waals surface area contributed by atoms with Gasteiger partial charge in [0.05, 0.1) is 5.54 Å². The molecule has 4 fully saturated rings. The minimum absolute atomic E-state index is 0.368. The van der Waals surface area contributed by atoms with E-state index in [1.165, 1.54) is 32.1 Å². The van der Waals surface area contributed by atoms with Crippen molar-refractivity contribution in [1.29, 1.82) is 0 Å². The van der Waals surface area contributed by atoms with Crippen molar-refractivity contribution < 1.29 is 0 Å². The number of H-pyrrole nitrogens is 1. The molecule has 0 aliphatic heterocycles. The lowest BCUT2D eigenvalue weighted by molar-refractivity contribution is -0.0693. The molecule has 4 aliphatic rings. The zero-order valence-electron chi connectivity index (χ0n) is 11.9. The van der Waals surface area contributed by atoms with Crippen LogP contribution in [0.25, 0.3) is 0 Å². The molecule has 1 heterocycles. The standard InChI is InChI=1S/C15H24N4/c1-8-17-14(19-18-8)15(2,16)13-11-4-9-3-10(6-11)7-12(13)5-9/h9-13H,3-7,16H2,1-2H3,(H,17,18,19). The van der Waals surface area contributed by atoms with E-state index in [0.717, 1.165) is 35.3 Å². The molecule has 5 rings (SSSR count). The highest BCUT2D eigenvalue weighted by Crippen LogP contribution is 2.59. The van der Waals surface area contributed by atoms with Gasteiger partial charge in [0.1, 0.15) is 5.82 Å². The van der Waals surface area contributed by atoms with Crippen molar-refractivity contribution in [3.63, 3.8) is 0 Å². The van der Waals surface area contributed by atoms with E-state index in [1.807, 2.05) is 6.92 Å². The van der Waals surface area contributed by atoms with E-state index in [4.69, 9.17) is 5.73 Å². The van der Waals surface area contributed by atoms with Gasteiger partial charge < -0.3 is 5.73 Å². The van der Waals surface area contributed by atoms with Crippen LogP contribution in [0, 0.1) is 36.5 Å². The average molecular weight is 260 g/mol. The molecule has 0 radical (unpaired) electrons. The minimum atomic E-state index is -0.368. The number of aromatic nitrogens is 3. The minimum Gasteiger partial charge on any atom is -0.319 e. The third-order valence-corrected chi connectivity index (χ3v) is 6.00. The van der Waals surface area contributed by atoms with Crippen LogP contribution in [0.3, 0.4) is 0 Å². The highest BCUT2D eigenvalue weighted by molar-refractivity contribution is 5.12. The Morgan fingerprint density at radius 3 is 2.16 bits per heavy atom. The summed E-state index contributed by atoms with van der Waals surface area (Å²) in [7, 11) is 0. The van der Waals surface area contributed by atoms with Gasteiger partial charge in [-0.3, -0.25) is 5.10 Å². The van der Waals surface area contributed by atoms with Gasteiger partial charge in [-0.2, -0.15) is 5.10 Å². The first kappa shape index (κ1) is 11.9. The topological polar surface area (TPSA) is 67.6 Å². The Kier molecular flexibility index (Phi) is 2.39. The number of aromatic amines is 1. The van der Waals surface area contributed by atoms with Crippen LogP contribution in [0.4, 0.5) is 0 Å². The van der Waals surface area contributed by atoms with E-state index in [2.05, 4.69) is 22.1 Å². The summed E-state index contributed by atoms with van der Waals surface area (Å²) in [5.41, 5.74) is 6.36. The molecular weight excluding hydrogens is 236 g/mol. The van der Waals surface area contributed by atoms with Crippen molar-refractivity contribution in [3.05, 3.63) is 11.6 Å². The molecule has 1 atom stereocenters. The molecule has 4 saturated carbocycles. The molecule has 0 amide bonds. The second-order valence-electron chi connectivity index (χ2n) is 7.48. The summed E-state index contributed by atoms with van der Waals surface area (Å²) in [6.07, 6.45) is 7.07. The van der Waals surface area contributed by atoms with E-state index < -0.39 is 0 Å². The van der Waals surface area contributed by atoms with Crippen LogP contribution < -0.4 is 5.73 Å². The molecule has 0 saturated heterocycles. The maximum absolute atomic E-state index is 6.73. The molecule has 4 nitrogen and oxygen atoms in total. The summed E-state index contributed by atoms with van der Waals surface area (Å²) < 4.78 is 0. The molecule has 1 aromatic rings. The Morgan fingerprint density at radius 2 is 1.68 bits per heavy atom. The monoisotopic (exact) mass is 260 g/mol. The first-order valence-electron chi connectivity index (χ1n) is 7.72. The van der Waals surface area contributed by atoms with Gasteiger partial charge in [-0.05, 0) is 75.5 Å². The van der Waals surface area contributed by atoms with Gasteiger partial charge in [-0.1, -0.05) is 0 Å². The predicted octanol–water partition coefficient (Wildman–Crippen LogP) is 2.36. The number of rotatable bonds is 2. The van der Waals surface area contributed by atoms with Gasteiger partial charge in [0.15, 0.2) is 5.82 Å². The van der Waals surface area contributed by atoms with Gasteiger partial charge in [0.2, 0.25) is 0 Å². The van der Waals surface area contributed by atoms with E-state index in [9.17, 15) is 0 Å². The van der Waals surface area contributed by atoms with Gasteiger partial charge in [0, 0.05) is 0 Å². The highest BCUT2D eigenvalue weighted by Gasteiger charge is 2.54. The fraction of sp³-hybridized carbons (Fsp3) is 0.867. The van der Waals surface area contributed by atoms with E-state index in [1.54, 1.807) is 0 Å². The first-order chi connectivity index (χ1) is 9.04. The average Bonchev–Trinajstić information content (AvgIpc) is 2.74. The third-order valence-electron chi connectivity index (χ3n) is 6.00. The molecule has 104 valence electrons. The van der Waals surface area contributed by atoms with Crippen LogP contribution in [-0.4, -0.2) is 15.2 Å². The van der Waals surface area contributed by atoms with Crippen LogP contribution in [0.2, 0.25) is 0 Å². The van der Waals surface area contributed by atoms with Gasteiger partial charge in [-0.25, -0.2) is 4.98 Å². The lowest BCUT2D eigenvalue weighted by atomic mass is 9.48. The first-order valence-corrected chi connectivity index (χ1v) is 7.72. The quantitative estimate of drug-likeness (QED) is 0.857. The Balaban J connectivity index is 1.68. The van der Waals surface area contributed by atoms with E-state index >= 15 is 0 Å². The van der Waals surface area contributed by atoms with Crippen molar-refractivity contribution in [2.45, 2.75) is 51.5 Å². The van der Waals surface area contributed by atoms with Gasteiger partial charge in [-0.15, -0.1) is 0 Å². The van der Waals surface area contributed by atoms with Crippen LogP contribution in [-0.2, 0) is 5.54 Å². The molecule has 4 bridgehead atoms. The van der Waals surface area contributed by atoms with Crippen LogP contribution >= 0.6 is 0 Å². The number of nitrogens with two attached hydrogens (primary N) is 1. The maximum Gasteiger partial charge on any atom is 0.170 e. The third kappa shape index (κ3) is 1.69. The second kappa shape index (κ2) is 3.81. The van der Waals surface area contributed by atoms with Crippen molar-refractivity contribution in [2.24, 2.45) is 35.3 Å². The molecule has 1 aromatic heterocycles. The zero-order valence-corrected chi connectivity index (χ0v) is 11.9. The normalized spacial score (nSPS) is 43.4. The summed E-state index contributed by atoms with van der Waals surface area (Å²) in [6, 6.07) is 0. The largest absolute Gasteiger partial charge is 0.319 e. The molecule has 1 unspecified atom stereocenters. The Hall–Kier alpha value is -0.900. The number of hydrogen-bond acceptors (Lipinski definition) is 3. The number of hydrogen-bond donors (Lipinski definition) is 2. The van der Waals surface area contributed by atoms with Crippen LogP contribution in [0.5, 0.6) is 0 Å². The van der Waals surface area contributed by atoms with Gasteiger partial charge >= 0.3 is 0 Å². The Labute approximate surface area is 114 Å². The van der Waals surface area contributed by atoms with E-state index in [0.29, 0.717) is 5.92 Å². The van der Waals surface area contributed by atoms with Crippen molar-refractivity contribution >= 4 is 0 Å². The van der Waals surface area contributed by atoms with Crippen LogP contribution in [0.1, 0.15) is 50.7 Å². The van der Waals surface area contributed by atoms with E-state index in [-0.39, 0.29) is 5.54 Å². The maximum atomic E-state index is 6.73. The molecule has 4 aliphatic carbocycles. The summed E-state index contributed by atoms with van der Waals surface area (Å²) in [5, 5.41) is 7.32. The summed E-state index contributed by atoms with van der Waals surface area (Å²) in [6.45, 7) is 4.10. The molecule has 4 heteroatoms. The summed E-state index contributed by atoms with van der Waals surface area (Å²) in [4.78, 5) is 4.52. The Morgan fingerprint density at radius 1 is 1.11 bits per heavy atom. The number of nitrogens with one attached hydrogen (secondary N) is 1. The summed E-state index contributed by atoms with van der Waals surface area (Å²) >= 11 is 0. The predicted molar refractivity (Wildman–Crippen MR) is 73.2 cm³/mol.